The molecule has 0 unspecified atom stereocenters. The molecule has 0 aromatic carbocycles. The van der Waals surface area contributed by atoms with E-state index in [0.29, 0.717) is 0 Å². The quantitative estimate of drug-likeness (QED) is 0.650. The van der Waals surface area contributed by atoms with Crippen molar-refractivity contribution in [2.45, 2.75) is 19.8 Å². The summed E-state index contributed by atoms with van der Waals surface area (Å²) < 4.78 is 0. The number of unbranched alkanes of at least 4 members (excludes halogenated alkanes) is 1. The number of allylic oxidation sites excluding steroid dienone is 1. The van der Waals surface area contributed by atoms with Gasteiger partial charge in [-0.2, -0.15) is 0 Å². The van der Waals surface area contributed by atoms with Crippen molar-refractivity contribution in [3.05, 3.63) is 36.7 Å². The van der Waals surface area contributed by atoms with E-state index in [1.807, 2.05) is 0 Å². The van der Waals surface area contributed by atoms with E-state index in [1.165, 1.54) is 12.8 Å². The van der Waals surface area contributed by atoms with Crippen LogP contribution in [0.5, 0.6) is 0 Å². The first-order valence-electron chi connectivity index (χ1n) is 5.34. The molecule has 1 heterocycles. The lowest BCUT2D eigenvalue weighted by molar-refractivity contribution is 0.685. The molecule has 3 nitrogen and oxygen atoms in total. The van der Waals surface area contributed by atoms with Crippen LogP contribution in [-0.2, 0) is 0 Å². The van der Waals surface area contributed by atoms with Gasteiger partial charge in [-0.1, -0.05) is 32.6 Å². The maximum atomic E-state index is 4.28. The van der Waals surface area contributed by atoms with E-state index < -0.39 is 0 Å². The van der Waals surface area contributed by atoms with Gasteiger partial charge < -0.3 is 10.6 Å². The molecule has 0 amide bonds. The van der Waals surface area contributed by atoms with Gasteiger partial charge in [0.1, 0.15) is 5.84 Å². The Morgan fingerprint density at radius 3 is 3.00 bits per heavy atom. The zero-order chi connectivity index (χ0) is 11.1. The minimum atomic E-state index is 0.764. The summed E-state index contributed by atoms with van der Waals surface area (Å²) in [4.78, 5) is 4.28. The Morgan fingerprint density at radius 1 is 1.60 bits per heavy atom. The van der Waals surface area contributed by atoms with Crippen LogP contribution >= 0.6 is 0 Å². The van der Waals surface area contributed by atoms with Crippen molar-refractivity contribution in [3.63, 3.8) is 0 Å². The van der Waals surface area contributed by atoms with Crippen LogP contribution in [0.4, 0.5) is 0 Å². The second kappa shape index (κ2) is 6.19. The molecule has 0 aromatic rings. The van der Waals surface area contributed by atoms with E-state index >= 15 is 0 Å². The number of nitrogens with zero attached hydrogens (tertiary/aromatic N) is 1. The molecule has 1 rings (SSSR count). The Labute approximate surface area is 91.7 Å². The molecular formula is C12H19N3. The number of nitrogens with one attached hydrogen (secondary N) is 2. The summed E-state index contributed by atoms with van der Waals surface area (Å²) in [5, 5.41) is 6.47. The van der Waals surface area contributed by atoms with Crippen LogP contribution < -0.4 is 10.6 Å². The molecule has 0 atom stereocenters. The predicted octanol–water partition coefficient (Wildman–Crippen LogP) is 1.96. The summed E-state index contributed by atoms with van der Waals surface area (Å²) in [7, 11) is 0. The number of hydrogen-bond donors (Lipinski definition) is 2. The van der Waals surface area contributed by atoms with Crippen LogP contribution in [0, 0.1) is 0 Å². The molecule has 1 aliphatic rings. The average Bonchev–Trinajstić information content (AvgIpc) is 2.25. The van der Waals surface area contributed by atoms with Gasteiger partial charge in [-0.3, -0.25) is 0 Å². The highest BCUT2D eigenvalue weighted by molar-refractivity contribution is 5.88. The summed E-state index contributed by atoms with van der Waals surface area (Å²) >= 11 is 0. The molecular weight excluding hydrogens is 186 g/mol. The Balaban J connectivity index is 2.38. The van der Waals surface area contributed by atoms with Gasteiger partial charge in [-0.15, -0.1) is 0 Å². The van der Waals surface area contributed by atoms with Gasteiger partial charge in [0.05, 0.1) is 6.54 Å². The maximum absolute atomic E-state index is 4.28. The van der Waals surface area contributed by atoms with Crippen molar-refractivity contribution >= 4 is 5.84 Å². The lowest BCUT2D eigenvalue weighted by atomic mass is 10.2. The second-order valence-electron chi connectivity index (χ2n) is 3.50. The average molecular weight is 205 g/mol. The highest BCUT2D eigenvalue weighted by Crippen LogP contribution is 2.09. The van der Waals surface area contributed by atoms with Gasteiger partial charge in [0, 0.05) is 17.5 Å². The fourth-order valence-electron chi connectivity index (χ4n) is 1.28. The van der Waals surface area contributed by atoms with Gasteiger partial charge in [-0.25, -0.2) is 4.99 Å². The minimum Gasteiger partial charge on any atom is -0.343 e. The first-order valence-corrected chi connectivity index (χ1v) is 5.34. The Kier molecular flexibility index (Phi) is 4.84. The Hall–Kier alpha value is -1.35. The van der Waals surface area contributed by atoms with Gasteiger partial charge in [0.25, 0.3) is 0 Å². The summed E-state index contributed by atoms with van der Waals surface area (Å²) in [5.74, 6) is 0.918. The van der Waals surface area contributed by atoms with Gasteiger partial charge in [0.2, 0.25) is 0 Å². The van der Waals surface area contributed by atoms with E-state index in [4.69, 9.17) is 0 Å². The van der Waals surface area contributed by atoms with Crippen molar-refractivity contribution < 1.29 is 0 Å². The maximum Gasteiger partial charge on any atom is 0.120 e. The van der Waals surface area contributed by atoms with Crippen molar-refractivity contribution in [1.82, 2.24) is 10.6 Å². The number of aliphatic imine (C=N–C) groups is 1. The molecule has 0 spiro atoms. The van der Waals surface area contributed by atoms with E-state index in [1.54, 1.807) is 12.3 Å². The predicted molar refractivity (Wildman–Crippen MR) is 65.8 cm³/mol. The molecule has 0 aliphatic carbocycles. The summed E-state index contributed by atoms with van der Waals surface area (Å²) in [6.07, 6.45) is 5.95. The highest BCUT2D eigenvalue weighted by atomic mass is 15.1. The molecule has 0 fully saturated rings. The van der Waals surface area contributed by atoms with Gasteiger partial charge >= 0.3 is 0 Å². The number of hydrogen-bond acceptors (Lipinski definition) is 3. The molecule has 82 valence electrons. The zero-order valence-corrected chi connectivity index (χ0v) is 9.34. The summed E-state index contributed by atoms with van der Waals surface area (Å²) in [6, 6.07) is 0. The lowest BCUT2D eigenvalue weighted by Crippen LogP contribution is -2.35. The van der Waals surface area contributed by atoms with Crippen molar-refractivity contribution in [3.8, 4) is 0 Å². The first-order chi connectivity index (χ1) is 7.27. The minimum absolute atomic E-state index is 0.764. The highest BCUT2D eigenvalue weighted by Gasteiger charge is 2.07. The number of rotatable bonds is 6. The largest absolute Gasteiger partial charge is 0.343 e. The molecule has 3 heteroatoms. The molecule has 0 saturated heterocycles. The molecule has 2 N–H and O–H groups in total. The third-order valence-corrected chi connectivity index (χ3v) is 2.22. The fourth-order valence-corrected chi connectivity index (χ4v) is 1.28. The number of amidine groups is 1. The van der Waals surface area contributed by atoms with Gasteiger partial charge in [0.15, 0.2) is 0 Å². The Morgan fingerprint density at radius 2 is 2.40 bits per heavy atom. The smallest absolute Gasteiger partial charge is 0.120 e. The first kappa shape index (κ1) is 11.7. The van der Waals surface area contributed by atoms with Crippen LogP contribution in [-0.4, -0.2) is 18.9 Å². The second-order valence-corrected chi connectivity index (χ2v) is 3.50. The SMILES string of the molecule is C=CC1=CN=C(CNCCCC)NC1=C. The third kappa shape index (κ3) is 3.72. The van der Waals surface area contributed by atoms with Crippen LogP contribution in [0.3, 0.4) is 0 Å². The fraction of sp³-hybridized carbons (Fsp3) is 0.417. The zero-order valence-electron chi connectivity index (χ0n) is 9.34. The van der Waals surface area contributed by atoms with Crippen LogP contribution in [0.25, 0.3) is 0 Å². The van der Waals surface area contributed by atoms with Crippen LogP contribution in [0.2, 0.25) is 0 Å². The van der Waals surface area contributed by atoms with Crippen molar-refractivity contribution in [1.29, 1.82) is 0 Å². The monoisotopic (exact) mass is 205 g/mol. The van der Waals surface area contributed by atoms with Crippen molar-refractivity contribution in [2.75, 3.05) is 13.1 Å². The van der Waals surface area contributed by atoms with E-state index in [2.05, 4.69) is 35.7 Å². The topological polar surface area (TPSA) is 36.4 Å². The van der Waals surface area contributed by atoms with E-state index in [-0.39, 0.29) is 0 Å². The van der Waals surface area contributed by atoms with E-state index in [9.17, 15) is 0 Å². The molecule has 0 saturated carbocycles. The summed E-state index contributed by atoms with van der Waals surface area (Å²) in [5.41, 5.74) is 1.82. The van der Waals surface area contributed by atoms with Gasteiger partial charge in [-0.05, 0) is 13.0 Å². The van der Waals surface area contributed by atoms with E-state index in [0.717, 1.165) is 30.2 Å². The van der Waals surface area contributed by atoms with Crippen molar-refractivity contribution in [2.24, 2.45) is 4.99 Å². The third-order valence-electron chi connectivity index (χ3n) is 2.22. The molecule has 0 bridgehead atoms. The molecule has 0 radical (unpaired) electrons. The standard InChI is InChI=1S/C12H19N3/c1-4-6-7-13-9-12-14-8-11(5-2)10(3)15-12/h5,8,13H,2-4,6-7,9H2,1H3,(H,14,15). The normalized spacial score (nSPS) is 15.4. The van der Waals surface area contributed by atoms with Crippen LogP contribution in [0.1, 0.15) is 19.8 Å². The lowest BCUT2D eigenvalue weighted by Gasteiger charge is -2.16. The van der Waals surface area contributed by atoms with Crippen LogP contribution in [0.15, 0.2) is 41.7 Å². The molecule has 0 aromatic heterocycles. The molecule has 1 aliphatic heterocycles. The Bertz CT molecular complexity index is 300. The molecule has 15 heavy (non-hydrogen) atoms. The summed E-state index contributed by atoms with van der Waals surface area (Å²) in [6.45, 7) is 11.6.